The summed E-state index contributed by atoms with van der Waals surface area (Å²) in [6.45, 7) is 6.28. The van der Waals surface area contributed by atoms with E-state index in [0.717, 1.165) is 50.0 Å². The molecule has 1 saturated heterocycles. The molecule has 1 atom stereocenters. The van der Waals surface area contributed by atoms with Crippen molar-refractivity contribution in [3.8, 4) is 5.75 Å². The van der Waals surface area contributed by atoms with E-state index in [0.29, 0.717) is 23.4 Å². The molecule has 242 valence electrons. The Bertz CT molecular complexity index is 1620. The predicted molar refractivity (Wildman–Crippen MR) is 169 cm³/mol. The van der Waals surface area contributed by atoms with Crippen molar-refractivity contribution in [1.29, 1.82) is 0 Å². The molecular formula is C33H43N5O6S. The first-order valence-corrected chi connectivity index (χ1v) is 16.7. The highest BCUT2D eigenvalue weighted by molar-refractivity contribution is 7.89. The SMILES string of the molecule is COc1cc(C)c(S(=O)(=O)N(Cc2nc(C(=O)N(C)Cc3ccc(CN4CCC(C(=O)N(C)C)C4)cc3)co2)C2CC2)c(C)c1. The third-order valence-corrected chi connectivity index (χ3v) is 10.7. The first kappa shape index (κ1) is 32.6. The number of carbonyl (C=O) groups excluding carboxylic acids is 2. The Kier molecular flexibility index (Phi) is 9.66. The van der Waals surface area contributed by atoms with E-state index in [4.69, 9.17) is 9.15 Å². The second-order valence-corrected chi connectivity index (χ2v) is 14.3. The minimum Gasteiger partial charge on any atom is -0.497 e. The first-order chi connectivity index (χ1) is 21.4. The largest absolute Gasteiger partial charge is 0.497 e. The molecule has 1 unspecified atom stereocenters. The average molecular weight is 638 g/mol. The number of hydrogen-bond acceptors (Lipinski definition) is 8. The zero-order valence-corrected chi connectivity index (χ0v) is 27.8. The molecule has 2 aliphatic rings. The number of methoxy groups -OCH3 is 1. The summed E-state index contributed by atoms with van der Waals surface area (Å²) in [4.78, 5) is 35.7. The lowest BCUT2D eigenvalue weighted by atomic mass is 10.1. The highest BCUT2D eigenvalue weighted by Crippen LogP contribution is 2.36. The molecule has 2 amide bonds. The van der Waals surface area contributed by atoms with Crippen molar-refractivity contribution in [3.05, 3.63) is 76.5 Å². The summed E-state index contributed by atoms with van der Waals surface area (Å²) in [6, 6.07) is 11.4. The smallest absolute Gasteiger partial charge is 0.275 e. The van der Waals surface area contributed by atoms with Crippen LogP contribution in [0.4, 0.5) is 0 Å². The Morgan fingerprint density at radius 1 is 1.00 bits per heavy atom. The quantitative estimate of drug-likeness (QED) is 0.294. The number of aromatic nitrogens is 1. The molecule has 1 aliphatic heterocycles. The van der Waals surface area contributed by atoms with Crippen LogP contribution in [0.15, 0.2) is 52.0 Å². The van der Waals surface area contributed by atoms with Crippen LogP contribution < -0.4 is 4.74 Å². The maximum absolute atomic E-state index is 13.8. The van der Waals surface area contributed by atoms with Crippen molar-refractivity contribution in [1.82, 2.24) is 24.0 Å². The molecule has 0 N–H and O–H groups in total. The summed E-state index contributed by atoms with van der Waals surface area (Å²) in [5, 5.41) is 0. The number of ether oxygens (including phenoxy) is 1. The molecule has 2 heterocycles. The standard InChI is InChI=1S/C33H43N5O6S/c1-22-15-28(43-6)16-23(2)31(22)45(41,42)38(27-11-12-27)20-30-34-29(21-44-30)33(40)36(5)17-24-7-9-25(10-8-24)18-37-14-13-26(19-37)32(39)35(3)4/h7-10,15-16,21,26-27H,11-14,17-20H2,1-6H3. The minimum absolute atomic E-state index is 0.0547. The average Bonchev–Trinajstić information content (AvgIpc) is 3.53. The number of hydrogen-bond donors (Lipinski definition) is 0. The number of sulfonamides is 1. The predicted octanol–water partition coefficient (Wildman–Crippen LogP) is 3.84. The van der Waals surface area contributed by atoms with E-state index in [9.17, 15) is 18.0 Å². The Balaban J connectivity index is 1.20. The van der Waals surface area contributed by atoms with E-state index >= 15 is 0 Å². The van der Waals surface area contributed by atoms with Crippen LogP contribution in [0.25, 0.3) is 0 Å². The fourth-order valence-electron chi connectivity index (χ4n) is 6.03. The molecule has 0 radical (unpaired) electrons. The van der Waals surface area contributed by atoms with Gasteiger partial charge in [0.25, 0.3) is 5.91 Å². The summed E-state index contributed by atoms with van der Waals surface area (Å²) in [5.74, 6) is 0.701. The van der Waals surface area contributed by atoms with E-state index in [-0.39, 0.29) is 46.8 Å². The molecule has 0 spiro atoms. The van der Waals surface area contributed by atoms with Gasteiger partial charge in [0.15, 0.2) is 5.69 Å². The number of benzene rings is 2. The van der Waals surface area contributed by atoms with E-state index in [1.807, 2.05) is 12.1 Å². The molecule has 0 bridgehead atoms. The molecule has 1 aliphatic carbocycles. The lowest BCUT2D eigenvalue weighted by Crippen LogP contribution is -2.34. The van der Waals surface area contributed by atoms with Crippen LogP contribution >= 0.6 is 0 Å². The van der Waals surface area contributed by atoms with Crippen LogP contribution in [-0.2, 0) is 34.5 Å². The van der Waals surface area contributed by atoms with Crippen LogP contribution in [-0.4, -0.2) is 91.6 Å². The van der Waals surface area contributed by atoms with E-state index in [1.165, 1.54) is 10.6 Å². The second-order valence-electron chi connectivity index (χ2n) is 12.4. The second kappa shape index (κ2) is 13.3. The molecule has 12 heteroatoms. The van der Waals surface area contributed by atoms with Gasteiger partial charge in [-0.2, -0.15) is 4.31 Å². The fraction of sp³-hybridized carbons (Fsp3) is 0.485. The number of oxazole rings is 1. The number of aryl methyl sites for hydroxylation is 2. The monoisotopic (exact) mass is 637 g/mol. The van der Waals surface area contributed by atoms with Crippen LogP contribution in [0.3, 0.4) is 0 Å². The van der Waals surface area contributed by atoms with Gasteiger partial charge < -0.3 is 19.0 Å². The Morgan fingerprint density at radius 3 is 2.24 bits per heavy atom. The molecule has 45 heavy (non-hydrogen) atoms. The van der Waals surface area contributed by atoms with Crippen molar-refractivity contribution in [2.45, 2.75) is 63.7 Å². The van der Waals surface area contributed by atoms with Gasteiger partial charge in [-0.15, -0.1) is 0 Å². The van der Waals surface area contributed by atoms with Crippen molar-refractivity contribution in [2.24, 2.45) is 5.92 Å². The molecule has 1 aromatic heterocycles. The highest BCUT2D eigenvalue weighted by Gasteiger charge is 2.40. The Morgan fingerprint density at radius 2 is 1.64 bits per heavy atom. The summed E-state index contributed by atoms with van der Waals surface area (Å²) in [5.41, 5.74) is 3.47. The lowest BCUT2D eigenvalue weighted by molar-refractivity contribution is -0.132. The van der Waals surface area contributed by atoms with Gasteiger partial charge in [0, 0.05) is 46.8 Å². The van der Waals surface area contributed by atoms with E-state index < -0.39 is 10.0 Å². The van der Waals surface area contributed by atoms with Gasteiger partial charge in [0.2, 0.25) is 21.8 Å². The summed E-state index contributed by atoms with van der Waals surface area (Å²) < 4.78 is 40.0. The zero-order valence-electron chi connectivity index (χ0n) is 26.9. The number of likely N-dealkylation sites (tertiary alicyclic amines) is 1. The van der Waals surface area contributed by atoms with Gasteiger partial charge >= 0.3 is 0 Å². The number of nitrogens with zero attached hydrogens (tertiary/aromatic N) is 5. The van der Waals surface area contributed by atoms with Crippen LogP contribution in [0.1, 0.15) is 57.9 Å². The first-order valence-electron chi connectivity index (χ1n) is 15.3. The minimum atomic E-state index is -3.85. The molecule has 1 saturated carbocycles. The zero-order chi connectivity index (χ0) is 32.5. The Labute approximate surface area is 265 Å². The van der Waals surface area contributed by atoms with Crippen molar-refractivity contribution in [2.75, 3.05) is 41.3 Å². The maximum Gasteiger partial charge on any atom is 0.275 e. The van der Waals surface area contributed by atoms with E-state index in [2.05, 4.69) is 22.0 Å². The van der Waals surface area contributed by atoms with Crippen molar-refractivity contribution < 1.29 is 27.2 Å². The summed E-state index contributed by atoms with van der Waals surface area (Å²) in [6.07, 6.45) is 3.69. The highest BCUT2D eigenvalue weighted by atomic mass is 32.2. The van der Waals surface area contributed by atoms with Gasteiger partial charge in [-0.25, -0.2) is 13.4 Å². The third kappa shape index (κ3) is 7.40. The number of carbonyl (C=O) groups is 2. The van der Waals surface area contributed by atoms with Gasteiger partial charge in [-0.3, -0.25) is 14.5 Å². The molecule has 2 fully saturated rings. The van der Waals surface area contributed by atoms with Gasteiger partial charge in [-0.1, -0.05) is 24.3 Å². The number of amides is 2. The molecule has 2 aromatic carbocycles. The van der Waals surface area contributed by atoms with Gasteiger partial charge in [0.1, 0.15) is 12.0 Å². The van der Waals surface area contributed by atoms with Gasteiger partial charge in [0.05, 0.1) is 24.5 Å². The molecule has 11 nitrogen and oxygen atoms in total. The molecule has 3 aromatic rings. The summed E-state index contributed by atoms with van der Waals surface area (Å²) in [7, 11) is 3.01. The molecule has 5 rings (SSSR count). The van der Waals surface area contributed by atoms with Crippen molar-refractivity contribution in [3.63, 3.8) is 0 Å². The number of rotatable bonds is 12. The topological polar surface area (TPSA) is 116 Å². The lowest BCUT2D eigenvalue weighted by Gasteiger charge is -2.23. The van der Waals surface area contributed by atoms with Crippen LogP contribution in [0.2, 0.25) is 0 Å². The van der Waals surface area contributed by atoms with Gasteiger partial charge in [-0.05, 0) is 74.0 Å². The fourth-order valence-corrected chi connectivity index (χ4v) is 8.08. The van der Waals surface area contributed by atoms with Crippen LogP contribution in [0.5, 0.6) is 5.75 Å². The normalized spacial score (nSPS) is 17.1. The van der Waals surface area contributed by atoms with Crippen molar-refractivity contribution >= 4 is 21.8 Å². The van der Waals surface area contributed by atoms with E-state index in [1.54, 1.807) is 64.0 Å². The summed E-state index contributed by atoms with van der Waals surface area (Å²) >= 11 is 0. The Hall–Kier alpha value is -3.74. The maximum atomic E-state index is 13.8. The third-order valence-electron chi connectivity index (χ3n) is 8.51. The van der Waals surface area contributed by atoms with Crippen LogP contribution in [0, 0.1) is 19.8 Å². The molecular weight excluding hydrogens is 594 g/mol.